The normalized spacial score (nSPS) is 10.3. The summed E-state index contributed by atoms with van der Waals surface area (Å²) in [6, 6.07) is 11.4. The van der Waals surface area contributed by atoms with Crippen LogP contribution in [0.5, 0.6) is 0 Å². The number of carbonyl (C=O) groups excluding carboxylic acids is 1. The van der Waals surface area contributed by atoms with Crippen molar-refractivity contribution in [2.45, 2.75) is 6.92 Å². The van der Waals surface area contributed by atoms with Crippen LogP contribution in [0.4, 0.5) is 15.3 Å². The summed E-state index contributed by atoms with van der Waals surface area (Å²) >= 11 is 1.36. The number of nitrogens with one attached hydrogen (secondary N) is 1. The average Bonchev–Trinajstić information content (AvgIpc) is 3.02. The molecule has 0 saturated heterocycles. The summed E-state index contributed by atoms with van der Waals surface area (Å²) in [6.45, 7) is 1.99. The zero-order chi connectivity index (χ0) is 19.4. The van der Waals surface area contributed by atoms with Gasteiger partial charge in [-0.2, -0.15) is 5.26 Å². The number of hydrogen-bond donors (Lipinski definition) is 1. The third-order valence-electron chi connectivity index (χ3n) is 3.81. The third-order valence-corrected chi connectivity index (χ3v) is 4.70. The first-order chi connectivity index (χ1) is 13.0. The molecule has 27 heavy (non-hydrogen) atoms. The van der Waals surface area contributed by atoms with Gasteiger partial charge in [0.2, 0.25) is 5.91 Å². The smallest absolute Gasteiger partial charge is 0.245 e. The molecule has 0 radical (unpaired) electrons. The molecule has 0 bridgehead atoms. The molecule has 1 aromatic carbocycles. The molecule has 0 atom stereocenters. The Balaban J connectivity index is 1.66. The number of hydrogen-bond acceptors (Lipinski definition) is 6. The number of aromatic nitrogens is 2. The largest absolute Gasteiger partial charge is 0.350 e. The van der Waals surface area contributed by atoms with Crippen molar-refractivity contribution in [3.63, 3.8) is 0 Å². The Morgan fingerprint density at radius 2 is 2.04 bits per heavy atom. The van der Waals surface area contributed by atoms with Crippen molar-refractivity contribution in [2.75, 3.05) is 23.8 Å². The van der Waals surface area contributed by atoms with E-state index < -0.39 is 0 Å². The number of likely N-dealkylation sites (N-methyl/N-ethyl adjacent to an activating group) is 1. The molecule has 0 spiro atoms. The van der Waals surface area contributed by atoms with E-state index in [9.17, 15) is 9.18 Å². The van der Waals surface area contributed by atoms with Gasteiger partial charge in [0.25, 0.3) is 0 Å². The van der Waals surface area contributed by atoms with Gasteiger partial charge in [-0.25, -0.2) is 14.4 Å². The van der Waals surface area contributed by atoms with Crippen LogP contribution in [0.2, 0.25) is 0 Å². The Bertz CT molecular complexity index is 992. The fourth-order valence-electron chi connectivity index (χ4n) is 2.46. The number of rotatable bonds is 5. The number of amides is 1. The lowest BCUT2D eigenvalue weighted by Crippen LogP contribution is -2.30. The number of halogens is 1. The third kappa shape index (κ3) is 4.46. The number of carbonyl (C=O) groups is 1. The van der Waals surface area contributed by atoms with Crippen LogP contribution in [0.25, 0.3) is 11.3 Å². The molecule has 2 aromatic heterocycles. The molecular formula is C19H16FN5OS. The molecule has 1 N–H and O–H groups in total. The first kappa shape index (κ1) is 18.5. The Kier molecular flexibility index (Phi) is 5.43. The van der Waals surface area contributed by atoms with Crippen molar-refractivity contribution >= 4 is 28.2 Å². The van der Waals surface area contributed by atoms with Crippen molar-refractivity contribution in [2.24, 2.45) is 0 Å². The topological polar surface area (TPSA) is 81.9 Å². The molecule has 0 saturated carbocycles. The van der Waals surface area contributed by atoms with Crippen LogP contribution < -0.4 is 10.2 Å². The van der Waals surface area contributed by atoms with Gasteiger partial charge in [0.05, 0.1) is 17.8 Å². The highest BCUT2D eigenvalue weighted by Crippen LogP contribution is 2.30. The van der Waals surface area contributed by atoms with Crippen molar-refractivity contribution in [1.29, 1.82) is 5.26 Å². The minimum atomic E-state index is -0.306. The summed E-state index contributed by atoms with van der Waals surface area (Å²) in [5, 5.41) is 12.1. The maximum Gasteiger partial charge on any atom is 0.245 e. The highest BCUT2D eigenvalue weighted by atomic mass is 32.1. The highest BCUT2D eigenvalue weighted by Gasteiger charge is 2.14. The molecule has 136 valence electrons. The Morgan fingerprint density at radius 1 is 1.30 bits per heavy atom. The van der Waals surface area contributed by atoms with Gasteiger partial charge >= 0.3 is 0 Å². The quantitative estimate of drug-likeness (QED) is 0.730. The number of thiazole rings is 1. The number of benzene rings is 1. The molecule has 0 aliphatic heterocycles. The van der Waals surface area contributed by atoms with E-state index in [4.69, 9.17) is 5.26 Å². The van der Waals surface area contributed by atoms with Gasteiger partial charge in [-0.05, 0) is 43.3 Å². The first-order valence-electron chi connectivity index (χ1n) is 8.07. The Hall–Kier alpha value is -3.31. The van der Waals surface area contributed by atoms with Gasteiger partial charge in [0.15, 0.2) is 5.13 Å². The lowest BCUT2D eigenvalue weighted by Gasteiger charge is -2.16. The van der Waals surface area contributed by atoms with Gasteiger partial charge in [0.1, 0.15) is 17.7 Å². The van der Waals surface area contributed by atoms with Crippen molar-refractivity contribution in [1.82, 2.24) is 9.97 Å². The van der Waals surface area contributed by atoms with Crippen LogP contribution in [0.3, 0.4) is 0 Å². The number of anilines is 2. The molecule has 0 aliphatic carbocycles. The summed E-state index contributed by atoms with van der Waals surface area (Å²) < 4.78 is 13.1. The van der Waals surface area contributed by atoms with E-state index in [2.05, 4.69) is 15.3 Å². The van der Waals surface area contributed by atoms with Crippen LogP contribution in [0.1, 0.15) is 10.4 Å². The van der Waals surface area contributed by atoms with E-state index in [-0.39, 0.29) is 18.3 Å². The SMILES string of the molecule is Cc1sc(NC(=O)CN(C)c2ccc(C#N)cn2)nc1-c1ccc(F)cc1. The molecule has 0 unspecified atom stereocenters. The Morgan fingerprint density at radius 3 is 2.67 bits per heavy atom. The van der Waals surface area contributed by atoms with Crippen molar-refractivity contribution in [3.05, 3.63) is 58.9 Å². The number of nitrogens with zero attached hydrogens (tertiary/aromatic N) is 4. The number of aryl methyl sites for hydroxylation is 1. The lowest BCUT2D eigenvalue weighted by atomic mass is 10.1. The van der Waals surface area contributed by atoms with Gasteiger partial charge in [0, 0.05) is 23.7 Å². The summed E-state index contributed by atoms with van der Waals surface area (Å²) in [7, 11) is 1.74. The zero-order valence-electron chi connectivity index (χ0n) is 14.7. The fraction of sp³-hybridized carbons (Fsp3) is 0.158. The summed E-state index contributed by atoms with van der Waals surface area (Å²) in [5.74, 6) is 0.0501. The Labute approximate surface area is 159 Å². The maximum atomic E-state index is 13.1. The predicted molar refractivity (Wildman–Crippen MR) is 103 cm³/mol. The van der Waals surface area contributed by atoms with Gasteiger partial charge in [-0.3, -0.25) is 4.79 Å². The van der Waals surface area contributed by atoms with Gasteiger partial charge in [-0.15, -0.1) is 11.3 Å². The predicted octanol–water partition coefficient (Wildman–Crippen LogP) is 3.60. The number of pyridine rings is 1. The standard InChI is InChI=1S/C19H16FN5OS/c1-12-18(14-4-6-15(20)7-5-14)24-19(27-12)23-17(26)11-25(2)16-8-3-13(9-21)10-22-16/h3-8,10H,11H2,1-2H3,(H,23,24,26). The van der Waals surface area contributed by atoms with Crippen molar-refractivity contribution < 1.29 is 9.18 Å². The van der Waals surface area contributed by atoms with E-state index >= 15 is 0 Å². The lowest BCUT2D eigenvalue weighted by molar-refractivity contribution is -0.114. The minimum Gasteiger partial charge on any atom is -0.350 e. The van der Waals surface area contributed by atoms with E-state index in [1.54, 1.807) is 36.2 Å². The van der Waals surface area contributed by atoms with Gasteiger partial charge in [-0.1, -0.05) is 0 Å². The fourth-order valence-corrected chi connectivity index (χ4v) is 3.31. The summed E-state index contributed by atoms with van der Waals surface area (Å²) in [6.07, 6.45) is 1.46. The first-order valence-corrected chi connectivity index (χ1v) is 8.88. The second kappa shape index (κ2) is 7.93. The van der Waals surface area contributed by atoms with E-state index in [0.717, 1.165) is 16.1 Å². The van der Waals surface area contributed by atoms with E-state index in [0.29, 0.717) is 16.5 Å². The van der Waals surface area contributed by atoms with Crippen LogP contribution in [0, 0.1) is 24.1 Å². The van der Waals surface area contributed by atoms with E-state index in [1.807, 2.05) is 13.0 Å². The molecule has 2 heterocycles. The van der Waals surface area contributed by atoms with Crippen LogP contribution in [0.15, 0.2) is 42.6 Å². The molecule has 1 amide bonds. The second-order valence-electron chi connectivity index (χ2n) is 5.85. The van der Waals surface area contributed by atoms with Gasteiger partial charge < -0.3 is 10.2 Å². The molecule has 0 fully saturated rings. The summed E-state index contributed by atoms with van der Waals surface area (Å²) in [4.78, 5) is 23.5. The van der Waals surface area contributed by atoms with Crippen LogP contribution in [-0.2, 0) is 4.79 Å². The second-order valence-corrected chi connectivity index (χ2v) is 7.06. The molecule has 6 nitrogen and oxygen atoms in total. The average molecular weight is 381 g/mol. The van der Waals surface area contributed by atoms with Crippen molar-refractivity contribution in [3.8, 4) is 17.3 Å². The van der Waals surface area contributed by atoms with E-state index in [1.165, 1.54) is 29.7 Å². The molecule has 0 aliphatic rings. The summed E-state index contributed by atoms with van der Waals surface area (Å²) in [5.41, 5.74) is 1.98. The molecule has 3 aromatic rings. The van der Waals surface area contributed by atoms with Crippen LogP contribution in [-0.4, -0.2) is 29.5 Å². The zero-order valence-corrected chi connectivity index (χ0v) is 15.5. The molecule has 3 rings (SSSR count). The minimum absolute atomic E-state index is 0.0867. The molecule has 8 heteroatoms. The monoisotopic (exact) mass is 381 g/mol. The molecular weight excluding hydrogens is 365 g/mol. The van der Waals surface area contributed by atoms with Crippen LogP contribution >= 0.6 is 11.3 Å². The maximum absolute atomic E-state index is 13.1. The number of nitriles is 1. The highest BCUT2D eigenvalue weighted by molar-refractivity contribution is 7.16.